The van der Waals surface area contributed by atoms with Gasteiger partial charge in [-0.05, 0) is 59.7 Å². The first-order valence-corrected chi connectivity index (χ1v) is 10.1. The Morgan fingerprint density at radius 1 is 0.774 bits per heavy atom. The Bertz CT molecular complexity index is 1040. The Morgan fingerprint density at radius 3 is 1.71 bits per heavy atom. The third kappa shape index (κ3) is 4.62. The lowest BCUT2D eigenvalue weighted by Gasteiger charge is -2.39. The molecule has 0 bridgehead atoms. The van der Waals surface area contributed by atoms with Crippen molar-refractivity contribution >= 4 is 5.91 Å². The van der Waals surface area contributed by atoms with E-state index in [2.05, 4.69) is 11.0 Å². The fourth-order valence-electron chi connectivity index (χ4n) is 3.96. The van der Waals surface area contributed by atoms with E-state index in [0.717, 1.165) is 11.1 Å². The normalized spacial score (nSPS) is 14.5. The zero-order valence-corrected chi connectivity index (χ0v) is 16.8. The molecule has 4 nitrogen and oxygen atoms in total. The fourth-order valence-corrected chi connectivity index (χ4v) is 3.96. The number of benzene rings is 3. The molecule has 156 valence electrons. The van der Waals surface area contributed by atoms with Crippen molar-refractivity contribution in [2.24, 2.45) is 0 Å². The van der Waals surface area contributed by atoms with Crippen molar-refractivity contribution in [3.05, 3.63) is 107 Å². The molecular weight excluding hydrogens is 396 g/mol. The van der Waals surface area contributed by atoms with Crippen LogP contribution in [0.25, 0.3) is 0 Å². The molecule has 0 radical (unpaired) electrons. The van der Waals surface area contributed by atoms with Crippen LogP contribution in [0, 0.1) is 23.0 Å². The molecule has 1 saturated heterocycles. The molecule has 0 unspecified atom stereocenters. The average molecular weight is 417 g/mol. The van der Waals surface area contributed by atoms with Crippen molar-refractivity contribution < 1.29 is 13.6 Å². The number of nitriles is 1. The number of hydrogen-bond acceptors (Lipinski definition) is 3. The van der Waals surface area contributed by atoms with Crippen molar-refractivity contribution in [1.82, 2.24) is 9.80 Å². The number of piperazine rings is 1. The Kier molecular flexibility index (Phi) is 6.06. The van der Waals surface area contributed by atoms with Crippen LogP contribution in [0.2, 0.25) is 0 Å². The van der Waals surface area contributed by atoms with Gasteiger partial charge >= 0.3 is 0 Å². The molecule has 1 aliphatic heterocycles. The van der Waals surface area contributed by atoms with Gasteiger partial charge in [0.25, 0.3) is 5.91 Å². The maximum absolute atomic E-state index is 13.5. The fraction of sp³-hybridized carbons (Fsp3) is 0.200. The molecule has 3 aromatic carbocycles. The second-order valence-corrected chi connectivity index (χ2v) is 7.52. The summed E-state index contributed by atoms with van der Waals surface area (Å²) >= 11 is 0. The summed E-state index contributed by atoms with van der Waals surface area (Å²) in [6, 6.07) is 21.2. The highest BCUT2D eigenvalue weighted by Crippen LogP contribution is 2.30. The van der Waals surface area contributed by atoms with E-state index in [1.165, 1.54) is 24.3 Å². The van der Waals surface area contributed by atoms with Gasteiger partial charge in [-0.25, -0.2) is 8.78 Å². The molecule has 0 aliphatic carbocycles. The first-order valence-electron chi connectivity index (χ1n) is 10.1. The van der Waals surface area contributed by atoms with Crippen molar-refractivity contribution in [2.75, 3.05) is 26.2 Å². The number of carbonyl (C=O) groups is 1. The first kappa shape index (κ1) is 20.7. The van der Waals surface area contributed by atoms with Gasteiger partial charge in [-0.15, -0.1) is 0 Å². The van der Waals surface area contributed by atoms with Gasteiger partial charge in [-0.2, -0.15) is 5.26 Å². The SMILES string of the molecule is N#Cc1ccc(C(=O)N2CCN(C(c3ccc(F)cc3)c3ccc(F)cc3)CC2)cc1. The topological polar surface area (TPSA) is 47.3 Å². The summed E-state index contributed by atoms with van der Waals surface area (Å²) in [4.78, 5) is 16.9. The number of carbonyl (C=O) groups excluding carboxylic acids is 1. The predicted molar refractivity (Wildman–Crippen MR) is 113 cm³/mol. The third-order valence-electron chi connectivity index (χ3n) is 5.60. The summed E-state index contributed by atoms with van der Waals surface area (Å²) in [6.07, 6.45) is 0. The summed E-state index contributed by atoms with van der Waals surface area (Å²) in [5.41, 5.74) is 2.91. The minimum absolute atomic E-state index is 0.0655. The maximum atomic E-state index is 13.5. The van der Waals surface area contributed by atoms with Crippen LogP contribution in [0.4, 0.5) is 8.78 Å². The molecule has 1 aliphatic rings. The van der Waals surface area contributed by atoms with Gasteiger partial charge in [0, 0.05) is 31.7 Å². The van der Waals surface area contributed by atoms with Gasteiger partial charge in [0.1, 0.15) is 11.6 Å². The van der Waals surface area contributed by atoms with Crippen molar-refractivity contribution in [3.8, 4) is 6.07 Å². The van der Waals surface area contributed by atoms with Crippen LogP contribution < -0.4 is 0 Å². The number of halogens is 2. The minimum Gasteiger partial charge on any atom is -0.336 e. The number of hydrogen-bond donors (Lipinski definition) is 0. The maximum Gasteiger partial charge on any atom is 0.253 e. The first-order chi connectivity index (χ1) is 15.0. The van der Waals surface area contributed by atoms with Crippen molar-refractivity contribution in [2.45, 2.75) is 6.04 Å². The standard InChI is InChI=1S/C25H21F2N3O/c26-22-9-5-19(6-10-22)24(20-7-11-23(27)12-8-20)29-13-15-30(16-14-29)25(31)21-3-1-18(17-28)2-4-21/h1-12,24H,13-16H2. The third-order valence-corrected chi connectivity index (χ3v) is 5.60. The molecule has 3 aromatic rings. The average Bonchev–Trinajstić information content (AvgIpc) is 2.82. The molecule has 4 rings (SSSR count). The van der Waals surface area contributed by atoms with E-state index in [0.29, 0.717) is 37.3 Å². The van der Waals surface area contributed by atoms with Gasteiger partial charge < -0.3 is 4.90 Å². The van der Waals surface area contributed by atoms with E-state index in [9.17, 15) is 13.6 Å². The smallest absolute Gasteiger partial charge is 0.253 e. The van der Waals surface area contributed by atoms with E-state index < -0.39 is 0 Å². The Hall–Kier alpha value is -3.56. The molecular formula is C25H21F2N3O. The van der Waals surface area contributed by atoms with Crippen LogP contribution in [0.15, 0.2) is 72.8 Å². The highest BCUT2D eigenvalue weighted by molar-refractivity contribution is 5.94. The Balaban J connectivity index is 1.52. The van der Waals surface area contributed by atoms with E-state index in [-0.39, 0.29) is 23.6 Å². The summed E-state index contributed by atoms with van der Waals surface area (Å²) in [5.74, 6) is -0.678. The van der Waals surface area contributed by atoms with Gasteiger partial charge in [-0.1, -0.05) is 24.3 Å². The molecule has 1 heterocycles. The summed E-state index contributed by atoms with van der Waals surface area (Å²) in [6.45, 7) is 2.33. The van der Waals surface area contributed by atoms with Gasteiger partial charge in [-0.3, -0.25) is 9.69 Å². The number of nitrogens with zero attached hydrogens (tertiary/aromatic N) is 3. The molecule has 0 atom stereocenters. The predicted octanol–water partition coefficient (Wildman–Crippen LogP) is 4.38. The molecule has 1 amide bonds. The molecule has 1 fully saturated rings. The van der Waals surface area contributed by atoms with Crippen LogP contribution in [-0.2, 0) is 0 Å². The van der Waals surface area contributed by atoms with Gasteiger partial charge in [0.15, 0.2) is 0 Å². The van der Waals surface area contributed by atoms with Gasteiger partial charge in [0.2, 0.25) is 0 Å². The quantitative estimate of drug-likeness (QED) is 0.633. The highest BCUT2D eigenvalue weighted by Gasteiger charge is 2.28. The van der Waals surface area contributed by atoms with Crippen LogP contribution in [0.3, 0.4) is 0 Å². The number of rotatable bonds is 4. The van der Waals surface area contributed by atoms with E-state index in [4.69, 9.17) is 5.26 Å². The lowest BCUT2D eigenvalue weighted by molar-refractivity contribution is 0.0597. The monoisotopic (exact) mass is 417 g/mol. The van der Waals surface area contributed by atoms with Crippen LogP contribution in [0.5, 0.6) is 0 Å². The lowest BCUT2D eigenvalue weighted by Crippen LogP contribution is -2.49. The van der Waals surface area contributed by atoms with Gasteiger partial charge in [0.05, 0.1) is 17.7 Å². The summed E-state index contributed by atoms with van der Waals surface area (Å²) in [7, 11) is 0. The lowest BCUT2D eigenvalue weighted by atomic mass is 9.96. The molecule has 0 spiro atoms. The van der Waals surface area contributed by atoms with E-state index >= 15 is 0 Å². The van der Waals surface area contributed by atoms with Crippen molar-refractivity contribution in [1.29, 1.82) is 5.26 Å². The largest absolute Gasteiger partial charge is 0.336 e. The molecule has 0 aromatic heterocycles. The zero-order valence-electron chi connectivity index (χ0n) is 16.8. The highest BCUT2D eigenvalue weighted by atomic mass is 19.1. The Morgan fingerprint density at radius 2 is 1.26 bits per heavy atom. The van der Waals surface area contributed by atoms with E-state index in [1.807, 2.05) is 0 Å². The summed E-state index contributed by atoms with van der Waals surface area (Å²) < 4.78 is 26.9. The van der Waals surface area contributed by atoms with E-state index in [1.54, 1.807) is 53.4 Å². The van der Waals surface area contributed by atoms with Crippen LogP contribution in [0.1, 0.15) is 33.1 Å². The zero-order chi connectivity index (χ0) is 21.8. The number of amides is 1. The summed E-state index contributed by atoms with van der Waals surface area (Å²) in [5, 5.41) is 8.92. The minimum atomic E-state index is -0.306. The van der Waals surface area contributed by atoms with Crippen molar-refractivity contribution in [3.63, 3.8) is 0 Å². The van der Waals surface area contributed by atoms with Crippen LogP contribution >= 0.6 is 0 Å². The second kappa shape index (κ2) is 9.07. The molecule has 6 heteroatoms. The second-order valence-electron chi connectivity index (χ2n) is 7.52. The molecule has 0 N–H and O–H groups in total. The molecule has 31 heavy (non-hydrogen) atoms. The Labute approximate surface area is 179 Å². The molecule has 0 saturated carbocycles. The van der Waals surface area contributed by atoms with Crippen LogP contribution in [-0.4, -0.2) is 41.9 Å².